The van der Waals surface area contributed by atoms with Gasteiger partial charge in [0, 0.05) is 13.1 Å². The number of benzene rings is 1. The number of sulfonamides is 1. The molecule has 0 saturated carbocycles. The van der Waals surface area contributed by atoms with Crippen molar-refractivity contribution in [3.8, 4) is 0 Å². The van der Waals surface area contributed by atoms with Gasteiger partial charge in [0.1, 0.15) is 6.04 Å². The van der Waals surface area contributed by atoms with Gasteiger partial charge in [-0.25, -0.2) is 8.42 Å². The normalized spacial score (nSPS) is 13.4. The minimum Gasteiger partial charge on any atom is -0.279 e. The van der Waals surface area contributed by atoms with Crippen LogP contribution in [-0.2, 0) is 14.8 Å². The van der Waals surface area contributed by atoms with Crippen molar-refractivity contribution in [3.05, 3.63) is 34.4 Å². The number of hydrogen-bond donors (Lipinski definition) is 0. The maximum Gasteiger partial charge on any atom is 0.289 e. The Labute approximate surface area is 127 Å². The van der Waals surface area contributed by atoms with E-state index < -0.39 is 36.8 Å². The summed E-state index contributed by atoms with van der Waals surface area (Å²) in [7, 11) is -3.04. The van der Waals surface area contributed by atoms with Crippen molar-refractivity contribution >= 4 is 32.6 Å². The van der Waals surface area contributed by atoms with Gasteiger partial charge in [-0.05, 0) is 23.6 Å². The van der Waals surface area contributed by atoms with Crippen LogP contribution in [0.4, 0.5) is 5.69 Å². The Morgan fingerprint density at radius 3 is 2.29 bits per heavy atom. The molecule has 21 heavy (non-hydrogen) atoms. The molecule has 9 heteroatoms. The quantitative estimate of drug-likeness (QED) is 0.450. The topological polar surface area (TPSA) is 97.6 Å². The van der Waals surface area contributed by atoms with Crippen molar-refractivity contribution in [1.82, 2.24) is 4.31 Å². The summed E-state index contributed by atoms with van der Waals surface area (Å²) in [5.74, 6) is -0.377. The van der Waals surface area contributed by atoms with Gasteiger partial charge in [-0.3, -0.25) is 14.9 Å². The largest absolute Gasteiger partial charge is 0.289 e. The Morgan fingerprint density at radius 1 is 1.33 bits per heavy atom. The van der Waals surface area contributed by atoms with Gasteiger partial charge in [-0.15, -0.1) is 0 Å². The van der Waals surface area contributed by atoms with Crippen molar-refractivity contribution in [2.24, 2.45) is 5.92 Å². The van der Waals surface area contributed by atoms with E-state index in [-0.39, 0.29) is 5.92 Å². The number of rotatable bonds is 6. The summed E-state index contributed by atoms with van der Waals surface area (Å²) < 4.78 is 25.8. The Morgan fingerprint density at radius 2 is 1.86 bits per heavy atom. The molecule has 116 valence electrons. The molecule has 0 aromatic heterocycles. The van der Waals surface area contributed by atoms with E-state index in [4.69, 9.17) is 11.6 Å². The van der Waals surface area contributed by atoms with Crippen LogP contribution in [0, 0.1) is 16.0 Å². The highest BCUT2D eigenvalue weighted by Gasteiger charge is 2.37. The van der Waals surface area contributed by atoms with E-state index in [0.29, 0.717) is 0 Å². The minimum absolute atomic E-state index is 0.377. The lowest BCUT2D eigenvalue weighted by molar-refractivity contribution is -0.387. The highest BCUT2D eigenvalue weighted by Crippen LogP contribution is 2.28. The third-order valence-corrected chi connectivity index (χ3v) is 5.08. The first kappa shape index (κ1) is 17.5. The Hall–Kier alpha value is -1.51. The molecule has 7 nitrogen and oxygen atoms in total. The highest BCUT2D eigenvalue weighted by molar-refractivity contribution is 7.89. The number of carbonyl (C=O) groups is 1. The second kappa shape index (κ2) is 6.50. The van der Waals surface area contributed by atoms with Crippen molar-refractivity contribution in [1.29, 1.82) is 0 Å². The van der Waals surface area contributed by atoms with E-state index in [1.54, 1.807) is 13.8 Å². The van der Waals surface area contributed by atoms with E-state index in [1.165, 1.54) is 19.2 Å². The number of likely N-dealkylation sites (N-methyl/N-ethyl adjacent to an activating group) is 1. The van der Waals surface area contributed by atoms with Crippen LogP contribution < -0.4 is 0 Å². The molecule has 0 spiro atoms. The molecule has 0 aliphatic rings. The predicted octanol–water partition coefficient (Wildman–Crippen LogP) is 2.01. The molecule has 0 aliphatic heterocycles. The fraction of sp³-hybridized carbons (Fsp3) is 0.417. The Balaban J connectivity index is 3.41. The molecule has 0 saturated heterocycles. The average molecular weight is 335 g/mol. The summed E-state index contributed by atoms with van der Waals surface area (Å²) in [4.78, 5) is 21.2. The first-order chi connectivity index (χ1) is 9.60. The molecule has 1 rings (SSSR count). The maximum atomic E-state index is 12.5. The van der Waals surface area contributed by atoms with Gasteiger partial charge in [-0.2, -0.15) is 4.31 Å². The van der Waals surface area contributed by atoms with Crippen LogP contribution in [0.5, 0.6) is 0 Å². The smallest absolute Gasteiger partial charge is 0.279 e. The Bertz CT molecular complexity index is 659. The second-order valence-corrected chi connectivity index (χ2v) is 7.08. The van der Waals surface area contributed by atoms with Crippen molar-refractivity contribution in [2.75, 3.05) is 7.05 Å². The van der Waals surface area contributed by atoms with Crippen LogP contribution in [0.3, 0.4) is 0 Å². The molecule has 0 amide bonds. The van der Waals surface area contributed by atoms with Gasteiger partial charge >= 0.3 is 0 Å². The summed E-state index contributed by atoms with van der Waals surface area (Å²) in [6, 6.07) is 3.86. The second-order valence-electron chi connectivity index (χ2n) is 4.74. The molecule has 0 fully saturated rings. The van der Waals surface area contributed by atoms with Gasteiger partial charge in [0.05, 0.1) is 4.92 Å². The van der Waals surface area contributed by atoms with E-state index in [0.717, 1.165) is 16.4 Å². The van der Waals surface area contributed by atoms with E-state index >= 15 is 0 Å². The number of hydrogen-bond acceptors (Lipinski definition) is 5. The van der Waals surface area contributed by atoms with Gasteiger partial charge in [0.2, 0.25) is 15.3 Å². The van der Waals surface area contributed by atoms with E-state index in [1.807, 2.05) is 0 Å². The molecule has 1 aromatic carbocycles. The minimum atomic E-state index is -4.22. The zero-order chi connectivity index (χ0) is 16.4. The number of carbonyl (C=O) groups excluding carboxylic acids is 1. The number of nitro groups is 1. The molecule has 0 bridgehead atoms. The first-order valence-corrected chi connectivity index (χ1v) is 7.83. The lowest BCUT2D eigenvalue weighted by Gasteiger charge is -2.27. The highest BCUT2D eigenvalue weighted by atomic mass is 35.5. The third-order valence-electron chi connectivity index (χ3n) is 2.97. The van der Waals surface area contributed by atoms with Crippen molar-refractivity contribution in [3.63, 3.8) is 0 Å². The fourth-order valence-corrected chi connectivity index (χ4v) is 4.02. The van der Waals surface area contributed by atoms with Crippen LogP contribution in [-0.4, -0.2) is 36.0 Å². The number of nitrogens with zero attached hydrogens (tertiary/aromatic N) is 2. The molecule has 1 atom stereocenters. The zero-order valence-electron chi connectivity index (χ0n) is 11.7. The van der Waals surface area contributed by atoms with Gasteiger partial charge < -0.3 is 0 Å². The number of nitro benzene ring substituents is 1. The Kier molecular flexibility index (Phi) is 5.43. The number of para-hydroxylation sites is 1. The summed E-state index contributed by atoms with van der Waals surface area (Å²) >= 11 is 5.45. The average Bonchev–Trinajstić information content (AvgIpc) is 2.37. The first-order valence-electron chi connectivity index (χ1n) is 6.01. The molecular weight excluding hydrogens is 320 g/mol. The van der Waals surface area contributed by atoms with E-state index in [2.05, 4.69) is 0 Å². The van der Waals surface area contributed by atoms with Crippen LogP contribution >= 0.6 is 11.6 Å². The standard InChI is InChI=1S/C12H15ClN2O5S/c1-8(2)11(12(13)16)14(3)21(19,20)10-7-5-4-6-9(10)15(17)18/h4-8,11H,1-3H3/t11-/m1/s1. The molecule has 0 aliphatic carbocycles. The molecular formula is C12H15ClN2O5S. The van der Waals surface area contributed by atoms with Crippen molar-refractivity contribution < 1.29 is 18.1 Å². The lowest BCUT2D eigenvalue weighted by atomic mass is 10.1. The lowest BCUT2D eigenvalue weighted by Crippen LogP contribution is -2.44. The monoisotopic (exact) mass is 334 g/mol. The molecule has 0 heterocycles. The van der Waals surface area contributed by atoms with Gasteiger partial charge in [0.25, 0.3) is 5.69 Å². The summed E-state index contributed by atoms with van der Waals surface area (Å²) in [5.41, 5.74) is -0.547. The van der Waals surface area contributed by atoms with Gasteiger partial charge in [-0.1, -0.05) is 26.0 Å². The summed E-state index contributed by atoms with van der Waals surface area (Å²) in [6.07, 6.45) is 0. The molecule has 0 N–H and O–H groups in total. The SMILES string of the molecule is CC(C)[C@H](C(=O)Cl)N(C)S(=O)(=O)c1ccccc1[N+](=O)[O-]. The summed E-state index contributed by atoms with van der Waals surface area (Å²) in [5, 5.41) is 10.1. The van der Waals surface area contributed by atoms with Crippen LogP contribution in [0.1, 0.15) is 13.8 Å². The molecule has 0 radical (unpaired) electrons. The third kappa shape index (κ3) is 3.58. The maximum absolute atomic E-state index is 12.5. The van der Waals surface area contributed by atoms with Crippen molar-refractivity contribution in [2.45, 2.75) is 24.8 Å². The van der Waals surface area contributed by atoms with Crippen LogP contribution in [0.2, 0.25) is 0 Å². The molecule has 1 aromatic rings. The zero-order valence-corrected chi connectivity index (χ0v) is 13.3. The number of halogens is 1. The fourth-order valence-electron chi connectivity index (χ4n) is 1.96. The van der Waals surface area contributed by atoms with Gasteiger partial charge in [0.15, 0.2) is 4.90 Å². The van der Waals surface area contributed by atoms with Crippen LogP contribution in [0.25, 0.3) is 0 Å². The summed E-state index contributed by atoms with van der Waals surface area (Å²) in [6.45, 7) is 3.27. The van der Waals surface area contributed by atoms with E-state index in [9.17, 15) is 23.3 Å². The molecule has 0 unspecified atom stereocenters. The predicted molar refractivity (Wildman–Crippen MR) is 77.5 cm³/mol. The van der Waals surface area contributed by atoms with Crippen LogP contribution in [0.15, 0.2) is 29.2 Å².